The Kier molecular flexibility index (Phi) is 7.02. The maximum absolute atomic E-state index is 12.8. The van der Waals surface area contributed by atoms with E-state index in [1.165, 1.54) is 6.26 Å². The lowest BCUT2D eigenvalue weighted by atomic mass is 10.0. The maximum Gasteiger partial charge on any atom is 0.408 e. The van der Waals surface area contributed by atoms with Crippen LogP contribution in [-0.4, -0.2) is 22.0 Å². The number of H-pyrrole nitrogens is 1. The number of fused-ring (bicyclic) bond motifs is 1. The first-order valence-electron chi connectivity index (χ1n) is 10.7. The number of nitrogens with one attached hydrogen (secondary N) is 2. The molecule has 1 amide bonds. The number of para-hydroxylation sites is 1. The van der Waals surface area contributed by atoms with Crippen LogP contribution in [0.15, 0.2) is 63.7 Å². The van der Waals surface area contributed by atoms with Gasteiger partial charge < -0.3 is 24.2 Å². The van der Waals surface area contributed by atoms with E-state index in [0.29, 0.717) is 22.7 Å². The number of oxazole rings is 1. The van der Waals surface area contributed by atoms with E-state index in [-0.39, 0.29) is 18.2 Å². The molecule has 4 rings (SSSR count). The fourth-order valence-electron chi connectivity index (χ4n) is 3.57. The highest BCUT2D eigenvalue weighted by atomic mass is 79.9. The van der Waals surface area contributed by atoms with Crippen LogP contribution in [0.3, 0.4) is 0 Å². The summed E-state index contributed by atoms with van der Waals surface area (Å²) in [7, 11) is 0. The van der Waals surface area contributed by atoms with Crippen molar-refractivity contribution in [1.82, 2.24) is 15.3 Å². The minimum atomic E-state index is -0.659. The van der Waals surface area contributed by atoms with Gasteiger partial charge in [0.25, 0.3) is 0 Å². The number of carbonyl (C=O) groups excluding carboxylic acids is 2. The topological polar surface area (TPSA) is 106 Å². The summed E-state index contributed by atoms with van der Waals surface area (Å²) in [5, 5.41) is 3.59. The van der Waals surface area contributed by atoms with Crippen LogP contribution >= 0.6 is 15.9 Å². The number of carbonyl (C=O) groups is 2. The van der Waals surface area contributed by atoms with Crippen molar-refractivity contribution in [3.05, 3.63) is 82.1 Å². The van der Waals surface area contributed by atoms with Gasteiger partial charge in [0.2, 0.25) is 0 Å². The Morgan fingerprint density at radius 1 is 1.15 bits per heavy atom. The Labute approximate surface area is 204 Å². The molecule has 176 valence electrons. The summed E-state index contributed by atoms with van der Waals surface area (Å²) in [6, 6.07) is 14.5. The fraction of sp³-hybridized carbons (Fsp3) is 0.240. The lowest BCUT2D eigenvalue weighted by Gasteiger charge is -2.22. The van der Waals surface area contributed by atoms with Crippen LogP contribution in [0.5, 0.6) is 5.75 Å². The molecule has 0 bridgehead atoms. The van der Waals surface area contributed by atoms with Crippen LogP contribution in [-0.2, 0) is 11.3 Å². The van der Waals surface area contributed by atoms with Crippen LogP contribution in [0.2, 0.25) is 0 Å². The van der Waals surface area contributed by atoms with Gasteiger partial charge in [-0.25, -0.2) is 14.6 Å². The van der Waals surface area contributed by atoms with Crippen molar-refractivity contribution in [2.75, 3.05) is 0 Å². The Morgan fingerprint density at radius 2 is 1.91 bits per heavy atom. The highest BCUT2D eigenvalue weighted by Gasteiger charge is 2.29. The Balaban J connectivity index is 1.64. The monoisotopic (exact) mass is 525 g/mol. The van der Waals surface area contributed by atoms with Crippen molar-refractivity contribution >= 4 is 38.9 Å². The van der Waals surface area contributed by atoms with Crippen molar-refractivity contribution in [3.63, 3.8) is 0 Å². The Morgan fingerprint density at radius 3 is 2.59 bits per heavy atom. The lowest BCUT2D eigenvalue weighted by Crippen LogP contribution is -2.32. The fourth-order valence-corrected chi connectivity index (χ4v) is 4.04. The van der Waals surface area contributed by atoms with Gasteiger partial charge in [-0.3, -0.25) is 0 Å². The standard InChI is InChI=1S/C25H24BrN3O5/c1-14(2)20(29-25(31)33-12-16-8-5-4-6-9-16)22-23(17-10-7-11-18(26)21(17)28-22)34-24(30)19-13-32-15(3)27-19/h4-11,13-14,20,28H,12H2,1-3H3,(H,29,31)/t20-/m0/s1. The summed E-state index contributed by atoms with van der Waals surface area (Å²) in [6.07, 6.45) is 0.672. The van der Waals surface area contributed by atoms with E-state index in [4.69, 9.17) is 13.9 Å². The molecule has 9 heteroatoms. The number of alkyl carbamates (subject to hydrolysis) is 1. The van der Waals surface area contributed by atoms with Crippen LogP contribution in [0.1, 0.15) is 47.5 Å². The molecule has 0 spiro atoms. The highest BCUT2D eigenvalue weighted by molar-refractivity contribution is 9.10. The van der Waals surface area contributed by atoms with Crippen molar-refractivity contribution in [2.45, 2.75) is 33.4 Å². The zero-order valence-corrected chi connectivity index (χ0v) is 20.5. The second kappa shape index (κ2) is 10.1. The van der Waals surface area contributed by atoms with Crippen LogP contribution in [0.4, 0.5) is 4.79 Å². The van der Waals surface area contributed by atoms with Gasteiger partial charge in [0.15, 0.2) is 17.3 Å². The van der Waals surface area contributed by atoms with Gasteiger partial charge >= 0.3 is 12.1 Å². The number of benzene rings is 2. The van der Waals surface area contributed by atoms with Gasteiger partial charge in [-0.15, -0.1) is 0 Å². The molecule has 0 radical (unpaired) electrons. The van der Waals surface area contributed by atoms with E-state index in [0.717, 1.165) is 15.6 Å². The Hall–Kier alpha value is -3.59. The molecule has 2 aromatic carbocycles. The zero-order chi connectivity index (χ0) is 24.2. The molecule has 8 nitrogen and oxygen atoms in total. The number of aryl methyl sites for hydroxylation is 1. The van der Waals surface area contributed by atoms with E-state index < -0.39 is 18.1 Å². The maximum atomic E-state index is 12.8. The van der Waals surface area contributed by atoms with E-state index in [1.807, 2.05) is 62.4 Å². The molecule has 0 aliphatic heterocycles. The molecule has 0 unspecified atom stereocenters. The number of amides is 1. The van der Waals surface area contributed by atoms with Gasteiger partial charge in [-0.1, -0.05) is 50.2 Å². The number of nitrogens with zero attached hydrogens (tertiary/aromatic N) is 1. The van der Waals surface area contributed by atoms with Crippen molar-refractivity contribution in [2.24, 2.45) is 5.92 Å². The second-order valence-corrected chi connectivity index (χ2v) is 8.95. The smallest absolute Gasteiger partial charge is 0.408 e. The third-order valence-electron chi connectivity index (χ3n) is 5.25. The van der Waals surface area contributed by atoms with Crippen molar-refractivity contribution in [3.8, 4) is 5.75 Å². The second-order valence-electron chi connectivity index (χ2n) is 8.10. The number of aromatic nitrogens is 2. The number of halogens is 1. The summed E-state index contributed by atoms with van der Waals surface area (Å²) in [4.78, 5) is 32.8. The SMILES string of the molecule is Cc1nc(C(=O)Oc2c([C@@H](NC(=O)OCc3ccccc3)C(C)C)[nH]c3c(Br)cccc23)co1. The van der Waals surface area contributed by atoms with Crippen LogP contribution in [0.25, 0.3) is 10.9 Å². The molecule has 2 aromatic heterocycles. The van der Waals surface area contributed by atoms with Gasteiger partial charge in [0.05, 0.1) is 17.3 Å². The largest absolute Gasteiger partial charge is 0.448 e. The number of esters is 1. The average molecular weight is 526 g/mol. The summed E-state index contributed by atoms with van der Waals surface area (Å²) >= 11 is 3.54. The molecule has 0 aliphatic rings. The first-order chi connectivity index (χ1) is 16.3. The normalized spacial score (nSPS) is 12.0. The molecule has 2 heterocycles. The predicted molar refractivity (Wildman–Crippen MR) is 130 cm³/mol. The molecule has 0 saturated heterocycles. The highest BCUT2D eigenvalue weighted by Crippen LogP contribution is 2.39. The summed E-state index contributed by atoms with van der Waals surface area (Å²) in [6.45, 7) is 5.69. The molecule has 0 fully saturated rings. The summed E-state index contributed by atoms with van der Waals surface area (Å²) < 4.78 is 17.1. The van der Waals surface area contributed by atoms with Gasteiger partial charge in [0, 0.05) is 16.8 Å². The molecular formula is C25H24BrN3O5. The van der Waals surface area contributed by atoms with Gasteiger partial charge in [0.1, 0.15) is 12.9 Å². The minimum Gasteiger partial charge on any atom is -0.448 e. The average Bonchev–Trinajstić information content (AvgIpc) is 3.41. The molecule has 0 saturated carbocycles. The van der Waals surface area contributed by atoms with E-state index in [1.54, 1.807) is 6.92 Å². The summed E-state index contributed by atoms with van der Waals surface area (Å²) in [5.41, 5.74) is 2.22. The lowest BCUT2D eigenvalue weighted by molar-refractivity contribution is 0.0727. The first-order valence-corrected chi connectivity index (χ1v) is 11.5. The Bertz CT molecular complexity index is 1310. The summed E-state index contributed by atoms with van der Waals surface area (Å²) in [5.74, 6) is -0.0447. The van der Waals surface area contributed by atoms with E-state index >= 15 is 0 Å². The number of ether oxygens (including phenoxy) is 2. The third kappa shape index (κ3) is 5.14. The van der Waals surface area contributed by atoms with Gasteiger partial charge in [-0.2, -0.15) is 0 Å². The molecular weight excluding hydrogens is 502 g/mol. The van der Waals surface area contributed by atoms with Gasteiger partial charge in [-0.05, 0) is 39.5 Å². The van der Waals surface area contributed by atoms with Crippen LogP contribution in [0, 0.1) is 12.8 Å². The van der Waals surface area contributed by atoms with E-state index in [2.05, 4.69) is 31.2 Å². The zero-order valence-electron chi connectivity index (χ0n) is 18.9. The quantitative estimate of drug-likeness (QED) is 0.283. The molecule has 0 aliphatic carbocycles. The van der Waals surface area contributed by atoms with Crippen LogP contribution < -0.4 is 10.1 Å². The molecule has 2 N–H and O–H groups in total. The minimum absolute atomic E-state index is 0.0529. The third-order valence-corrected chi connectivity index (χ3v) is 5.91. The number of hydrogen-bond acceptors (Lipinski definition) is 6. The predicted octanol–water partition coefficient (Wildman–Crippen LogP) is 6.07. The number of aromatic amines is 1. The number of hydrogen-bond donors (Lipinski definition) is 2. The van der Waals surface area contributed by atoms with E-state index in [9.17, 15) is 9.59 Å². The van der Waals surface area contributed by atoms with Crippen molar-refractivity contribution < 1.29 is 23.5 Å². The molecule has 4 aromatic rings. The first kappa shape index (κ1) is 23.6. The molecule has 34 heavy (non-hydrogen) atoms. The molecule has 1 atom stereocenters. The number of rotatable bonds is 7. The van der Waals surface area contributed by atoms with Crippen molar-refractivity contribution in [1.29, 1.82) is 0 Å².